The number of hydrogen-bond acceptors (Lipinski definition) is 3. The van der Waals surface area contributed by atoms with E-state index < -0.39 is 5.97 Å². The molecule has 2 rings (SSSR count). The first kappa shape index (κ1) is 14.5. The van der Waals surface area contributed by atoms with Crippen LogP contribution in [0.2, 0.25) is 0 Å². The average Bonchev–Trinajstić information content (AvgIpc) is 2.47. The number of ether oxygens (including phenoxy) is 1. The summed E-state index contributed by atoms with van der Waals surface area (Å²) < 4.78 is 5.30. The molecule has 1 N–H and O–H groups in total. The predicted octanol–water partition coefficient (Wildman–Crippen LogP) is 1.56. The fraction of sp³-hybridized carbons (Fsp3) is 0.467. The van der Waals surface area contributed by atoms with E-state index in [0.29, 0.717) is 6.54 Å². The maximum Gasteiger partial charge on any atom is 0.335 e. The molecule has 5 nitrogen and oxygen atoms in total. The Labute approximate surface area is 118 Å². The van der Waals surface area contributed by atoms with Crippen LogP contribution in [0.15, 0.2) is 24.3 Å². The Morgan fingerprint density at radius 3 is 2.95 bits per heavy atom. The summed E-state index contributed by atoms with van der Waals surface area (Å²) in [5.74, 6) is -0.953. The molecule has 1 saturated heterocycles. The number of nitrogens with zero attached hydrogens (tertiary/aromatic N) is 1. The smallest absolute Gasteiger partial charge is 0.335 e. The first-order valence-electron chi connectivity index (χ1n) is 6.73. The molecule has 0 aromatic heterocycles. The minimum absolute atomic E-state index is 0.0225. The minimum atomic E-state index is -0.975. The summed E-state index contributed by atoms with van der Waals surface area (Å²) in [6, 6.07) is 6.53. The van der Waals surface area contributed by atoms with Gasteiger partial charge in [0.2, 0.25) is 5.91 Å². The van der Waals surface area contributed by atoms with Crippen molar-refractivity contribution < 1.29 is 19.4 Å². The van der Waals surface area contributed by atoms with Crippen molar-refractivity contribution in [3.63, 3.8) is 0 Å². The van der Waals surface area contributed by atoms with Gasteiger partial charge in [-0.05, 0) is 30.5 Å². The highest BCUT2D eigenvalue weighted by atomic mass is 16.5. The van der Waals surface area contributed by atoms with Gasteiger partial charge >= 0.3 is 5.97 Å². The first-order valence-corrected chi connectivity index (χ1v) is 6.73. The highest BCUT2D eigenvalue weighted by Crippen LogP contribution is 2.14. The molecule has 1 aromatic rings. The number of likely N-dealkylation sites (tertiary alicyclic amines) is 1. The van der Waals surface area contributed by atoms with Crippen molar-refractivity contribution in [2.24, 2.45) is 0 Å². The minimum Gasteiger partial charge on any atom is -0.478 e. The number of amides is 1. The van der Waals surface area contributed by atoms with Crippen molar-refractivity contribution in [3.05, 3.63) is 35.4 Å². The van der Waals surface area contributed by atoms with Crippen LogP contribution in [-0.4, -0.2) is 48.2 Å². The SMILES string of the molecule is COC1CCCN(C(=O)Cc2cccc(C(=O)O)c2)C1. The second-order valence-corrected chi connectivity index (χ2v) is 5.02. The van der Waals surface area contributed by atoms with E-state index in [1.54, 1.807) is 30.2 Å². The number of benzene rings is 1. The van der Waals surface area contributed by atoms with Gasteiger partial charge in [0.05, 0.1) is 18.1 Å². The van der Waals surface area contributed by atoms with Crippen molar-refractivity contribution in [1.29, 1.82) is 0 Å². The monoisotopic (exact) mass is 277 g/mol. The molecule has 1 fully saturated rings. The Kier molecular flexibility index (Phi) is 4.74. The van der Waals surface area contributed by atoms with Crippen molar-refractivity contribution in [1.82, 2.24) is 4.90 Å². The van der Waals surface area contributed by atoms with Gasteiger partial charge in [-0.3, -0.25) is 4.79 Å². The average molecular weight is 277 g/mol. The number of rotatable bonds is 4. The molecule has 0 radical (unpaired) electrons. The standard InChI is InChI=1S/C15H19NO4/c1-20-13-6-3-7-16(10-13)14(17)9-11-4-2-5-12(8-11)15(18)19/h2,4-5,8,13H,3,6-7,9-10H2,1H3,(H,18,19). The van der Waals surface area contributed by atoms with Gasteiger partial charge in [0.15, 0.2) is 0 Å². The van der Waals surface area contributed by atoms with Crippen LogP contribution in [0.3, 0.4) is 0 Å². The van der Waals surface area contributed by atoms with Gasteiger partial charge in [-0.1, -0.05) is 12.1 Å². The lowest BCUT2D eigenvalue weighted by Gasteiger charge is -2.32. The van der Waals surface area contributed by atoms with Crippen LogP contribution < -0.4 is 0 Å². The fourth-order valence-corrected chi connectivity index (χ4v) is 2.46. The van der Waals surface area contributed by atoms with Crippen molar-refractivity contribution in [3.8, 4) is 0 Å². The summed E-state index contributed by atoms with van der Waals surface area (Å²) >= 11 is 0. The number of piperidine rings is 1. The van der Waals surface area contributed by atoms with Crippen LogP contribution in [0.5, 0.6) is 0 Å². The van der Waals surface area contributed by atoms with Crippen LogP contribution in [0.1, 0.15) is 28.8 Å². The van der Waals surface area contributed by atoms with E-state index in [2.05, 4.69) is 0 Å². The van der Waals surface area contributed by atoms with Gasteiger partial charge in [-0.2, -0.15) is 0 Å². The second kappa shape index (κ2) is 6.52. The van der Waals surface area contributed by atoms with E-state index in [1.807, 2.05) is 0 Å². The number of carboxylic acid groups (broad SMARTS) is 1. The van der Waals surface area contributed by atoms with Crippen LogP contribution >= 0.6 is 0 Å². The quantitative estimate of drug-likeness (QED) is 0.907. The summed E-state index contributed by atoms with van der Waals surface area (Å²) in [6.45, 7) is 1.37. The van der Waals surface area contributed by atoms with E-state index in [-0.39, 0.29) is 24.0 Å². The molecule has 1 aliphatic rings. The van der Waals surface area contributed by atoms with Crippen LogP contribution in [0, 0.1) is 0 Å². The van der Waals surface area contributed by atoms with Gasteiger partial charge < -0.3 is 14.7 Å². The maximum atomic E-state index is 12.2. The highest BCUT2D eigenvalue weighted by Gasteiger charge is 2.23. The van der Waals surface area contributed by atoms with Gasteiger partial charge in [-0.15, -0.1) is 0 Å². The molecule has 0 aliphatic carbocycles. The molecule has 1 unspecified atom stereocenters. The summed E-state index contributed by atoms with van der Waals surface area (Å²) in [5, 5.41) is 8.95. The number of methoxy groups -OCH3 is 1. The Balaban J connectivity index is 2.00. The van der Waals surface area contributed by atoms with Crippen molar-refractivity contribution >= 4 is 11.9 Å². The zero-order valence-corrected chi connectivity index (χ0v) is 11.5. The lowest BCUT2D eigenvalue weighted by molar-refractivity contribution is -0.134. The Morgan fingerprint density at radius 2 is 2.25 bits per heavy atom. The molecule has 1 amide bonds. The van der Waals surface area contributed by atoms with Crippen molar-refractivity contribution in [2.45, 2.75) is 25.4 Å². The fourth-order valence-electron chi connectivity index (χ4n) is 2.46. The molecule has 1 aliphatic heterocycles. The summed E-state index contributed by atoms with van der Waals surface area (Å²) in [7, 11) is 1.66. The molecule has 1 heterocycles. The zero-order valence-electron chi connectivity index (χ0n) is 11.5. The van der Waals surface area contributed by atoms with E-state index >= 15 is 0 Å². The lowest BCUT2D eigenvalue weighted by atomic mass is 10.0. The molecule has 5 heteroatoms. The molecule has 20 heavy (non-hydrogen) atoms. The Hall–Kier alpha value is -1.88. The lowest BCUT2D eigenvalue weighted by Crippen LogP contribution is -2.43. The molecule has 0 spiro atoms. The highest BCUT2D eigenvalue weighted by molar-refractivity contribution is 5.88. The van der Waals surface area contributed by atoms with Crippen LogP contribution in [-0.2, 0) is 16.0 Å². The van der Waals surface area contributed by atoms with Gasteiger partial charge in [-0.25, -0.2) is 4.79 Å². The molecule has 1 atom stereocenters. The number of carbonyl (C=O) groups excluding carboxylic acids is 1. The third kappa shape index (κ3) is 3.57. The van der Waals surface area contributed by atoms with Gasteiger partial charge in [0.25, 0.3) is 0 Å². The number of hydrogen-bond donors (Lipinski definition) is 1. The number of carbonyl (C=O) groups is 2. The summed E-state index contributed by atoms with van der Waals surface area (Å²) in [5.41, 5.74) is 0.943. The third-order valence-electron chi connectivity index (χ3n) is 3.59. The van der Waals surface area contributed by atoms with E-state index in [4.69, 9.17) is 9.84 Å². The molecular weight excluding hydrogens is 258 g/mol. The maximum absolute atomic E-state index is 12.2. The first-order chi connectivity index (χ1) is 9.60. The van der Waals surface area contributed by atoms with Crippen molar-refractivity contribution in [2.75, 3.05) is 20.2 Å². The van der Waals surface area contributed by atoms with Crippen LogP contribution in [0.25, 0.3) is 0 Å². The van der Waals surface area contributed by atoms with E-state index in [1.165, 1.54) is 6.07 Å². The largest absolute Gasteiger partial charge is 0.478 e. The molecule has 0 saturated carbocycles. The second-order valence-electron chi connectivity index (χ2n) is 5.02. The predicted molar refractivity (Wildman–Crippen MR) is 73.7 cm³/mol. The van der Waals surface area contributed by atoms with E-state index in [9.17, 15) is 9.59 Å². The molecule has 108 valence electrons. The Bertz CT molecular complexity index is 500. The third-order valence-corrected chi connectivity index (χ3v) is 3.59. The van der Waals surface area contributed by atoms with Gasteiger partial charge in [0, 0.05) is 20.2 Å². The Morgan fingerprint density at radius 1 is 1.45 bits per heavy atom. The van der Waals surface area contributed by atoms with E-state index in [0.717, 1.165) is 24.9 Å². The molecule has 0 bridgehead atoms. The van der Waals surface area contributed by atoms with Gasteiger partial charge in [0.1, 0.15) is 0 Å². The zero-order chi connectivity index (χ0) is 14.5. The summed E-state index contributed by atoms with van der Waals surface area (Å²) in [4.78, 5) is 24.9. The van der Waals surface area contributed by atoms with Crippen LogP contribution in [0.4, 0.5) is 0 Å². The molecule has 1 aromatic carbocycles. The molecular formula is C15H19NO4. The summed E-state index contributed by atoms with van der Waals surface area (Å²) in [6.07, 6.45) is 2.27. The topological polar surface area (TPSA) is 66.8 Å². The number of aromatic carboxylic acids is 1. The normalized spacial score (nSPS) is 18.9. The number of carboxylic acids is 1.